The summed E-state index contributed by atoms with van der Waals surface area (Å²) < 4.78 is 17.6. The summed E-state index contributed by atoms with van der Waals surface area (Å²) in [7, 11) is 0. The highest BCUT2D eigenvalue weighted by atomic mass is 16.6. The summed E-state index contributed by atoms with van der Waals surface area (Å²) in [6.45, 7) is 16.7. The molecule has 0 fully saturated rings. The van der Waals surface area contributed by atoms with Crippen molar-refractivity contribution in [2.75, 3.05) is 26.2 Å². The SMILES string of the molecule is CC(C)(C)OC(=O)NCCCCCCn1cnc2c(=O)[nH]nnc21.CC(C)(C)OC(=O)NCCCCCCn1cnc2nn[nH]c(=O)c21.NCCCCCCn1cnc2c(=O)[nH]nnc21.NCCCCCCn1cnc2nn[nH]c(=O)c21.O=c1[nH]nnc2c1CC=N2. The van der Waals surface area contributed by atoms with Gasteiger partial charge in [-0.1, -0.05) is 77.4 Å². The van der Waals surface area contributed by atoms with Crippen LogP contribution in [0.4, 0.5) is 15.4 Å². The first-order valence-electron chi connectivity index (χ1n) is 30.6. The van der Waals surface area contributed by atoms with Crippen LogP contribution in [0.15, 0.2) is 54.3 Å². The molecule has 0 atom stereocenters. The first-order valence-corrected chi connectivity index (χ1v) is 30.6. The Morgan fingerprint density at radius 3 is 1.23 bits per heavy atom. The molecular formula is C55H84N28O9. The molecule has 0 spiro atoms. The second kappa shape index (κ2) is 36.7. The van der Waals surface area contributed by atoms with E-state index in [4.69, 9.17) is 20.9 Å². The summed E-state index contributed by atoms with van der Waals surface area (Å²) in [5.74, 6) is 0.448. The number of hydrogen-bond donors (Lipinski definition) is 9. The van der Waals surface area contributed by atoms with Crippen LogP contribution in [0.25, 0.3) is 44.7 Å². The topological polar surface area (TPSA) is 506 Å². The number of aliphatic imine (C=N–C) groups is 1. The number of hydrogen-bond acceptors (Lipinski definition) is 26. The lowest BCUT2D eigenvalue weighted by atomic mass is 10.2. The Morgan fingerprint density at radius 1 is 0.457 bits per heavy atom. The fourth-order valence-electron chi connectivity index (χ4n) is 8.93. The molecule has 0 unspecified atom stereocenters. The monoisotopic (exact) mass is 1280 g/mol. The van der Waals surface area contributed by atoms with Crippen molar-refractivity contribution < 1.29 is 19.1 Å². The van der Waals surface area contributed by atoms with Crippen molar-refractivity contribution in [1.29, 1.82) is 0 Å². The molecule has 0 aliphatic carbocycles. The molecule has 92 heavy (non-hydrogen) atoms. The number of imidazole rings is 4. The van der Waals surface area contributed by atoms with E-state index in [1.165, 1.54) is 0 Å². The van der Waals surface area contributed by atoms with Crippen LogP contribution in [0.5, 0.6) is 0 Å². The maximum absolute atomic E-state index is 11.7. The smallest absolute Gasteiger partial charge is 0.407 e. The molecule has 1 aliphatic heterocycles. The van der Waals surface area contributed by atoms with Gasteiger partial charge in [-0.05, 0) is 106 Å². The normalized spacial score (nSPS) is 11.7. The standard InChI is InChI=1S/2C15H24N6O3.2C10H16N6O.C5H4N4O/c1-15(2,3)24-14(23)16-8-6-4-5-7-9-21-10-17-12-11(21)13(22)19-20-18-12;1-15(2,3)24-14(23)16-8-6-4-5-7-9-21-10-17-11-12(21)18-20-19-13(11)22;11-5-3-1-2-4-6-16-7-12-9-8(16)10(17)14-15-13-9;11-5-3-1-2-4-6-16-7-12-8-9(16)13-15-14-10(8)17;10-5-3-1-2-6-4(3)7-9-8-5/h2*10H,4-9H2,1-3H3,(H,16,23)(H,18,19,22);2*7H,1-6,11H2,(H,13,14,17);2H,1H2,(H,7,8,10). The average Bonchev–Trinajstić information content (AvgIpc) is 1.74. The fourth-order valence-corrected chi connectivity index (χ4v) is 8.93. The summed E-state index contributed by atoms with van der Waals surface area (Å²) in [5, 5.41) is 53.2. The lowest BCUT2D eigenvalue weighted by Crippen LogP contribution is -2.33. The number of fused-ring (bicyclic) bond motifs is 5. The number of carbonyl (C=O) groups excluding carboxylic acids is 2. The summed E-state index contributed by atoms with van der Waals surface area (Å²) in [5.41, 5.74) is 12.6. The largest absolute Gasteiger partial charge is 0.444 e. The minimum Gasteiger partial charge on any atom is -0.444 e. The highest BCUT2D eigenvalue weighted by molar-refractivity contribution is 5.73. The molecule has 0 bridgehead atoms. The molecule has 498 valence electrons. The van der Waals surface area contributed by atoms with Gasteiger partial charge in [-0.2, -0.15) is 0 Å². The number of unbranched alkanes of at least 4 members (excludes halogenated alkanes) is 12. The summed E-state index contributed by atoms with van der Waals surface area (Å²) >= 11 is 0. The lowest BCUT2D eigenvalue weighted by Gasteiger charge is -2.19. The molecule has 0 radical (unpaired) electrons. The molecule has 9 aromatic rings. The zero-order valence-electron chi connectivity index (χ0n) is 52.9. The molecule has 2 amide bonds. The summed E-state index contributed by atoms with van der Waals surface area (Å²) in [6, 6.07) is 0. The fraction of sp³-hybridized carbons (Fsp3) is 0.600. The number of rotatable bonds is 26. The van der Waals surface area contributed by atoms with Gasteiger partial charge in [0.1, 0.15) is 11.2 Å². The molecule has 1 aliphatic rings. The van der Waals surface area contributed by atoms with E-state index in [2.05, 4.69) is 113 Å². The van der Waals surface area contributed by atoms with Crippen LogP contribution in [-0.4, -0.2) is 171 Å². The third kappa shape index (κ3) is 23.5. The van der Waals surface area contributed by atoms with Crippen LogP contribution in [-0.2, 0) is 42.1 Å². The minimum absolute atomic E-state index is 0.192. The Balaban J connectivity index is 0.000000187. The third-order valence-electron chi connectivity index (χ3n) is 13.3. The van der Waals surface area contributed by atoms with Crippen molar-refractivity contribution in [3.05, 3.63) is 82.6 Å². The van der Waals surface area contributed by atoms with Crippen molar-refractivity contribution in [3.63, 3.8) is 0 Å². The van der Waals surface area contributed by atoms with Crippen molar-refractivity contribution in [2.24, 2.45) is 16.5 Å². The number of ether oxygens (including phenoxy) is 2. The lowest BCUT2D eigenvalue weighted by molar-refractivity contribution is 0.0515. The Hall–Kier alpha value is -9.94. The molecule has 0 aromatic carbocycles. The Morgan fingerprint density at radius 2 is 0.815 bits per heavy atom. The van der Waals surface area contributed by atoms with Gasteiger partial charge >= 0.3 is 12.2 Å². The van der Waals surface area contributed by atoms with E-state index in [0.29, 0.717) is 82.1 Å². The first kappa shape index (κ1) is 71.1. The number of H-pyrrole nitrogens is 5. The van der Waals surface area contributed by atoms with Crippen molar-refractivity contribution in [1.82, 2.24) is 126 Å². The highest BCUT2D eigenvalue weighted by Crippen LogP contribution is 2.15. The van der Waals surface area contributed by atoms with Crippen molar-refractivity contribution in [2.45, 2.75) is 188 Å². The zero-order chi connectivity index (χ0) is 66.3. The molecule has 0 saturated carbocycles. The van der Waals surface area contributed by atoms with Crippen LogP contribution < -0.4 is 49.9 Å². The average molecular weight is 1280 g/mol. The maximum atomic E-state index is 11.7. The van der Waals surface area contributed by atoms with Crippen molar-refractivity contribution >= 4 is 68.9 Å². The molecule has 10 heterocycles. The quantitative estimate of drug-likeness (QED) is 0.0352. The van der Waals surface area contributed by atoms with Crippen LogP contribution in [0.3, 0.4) is 0 Å². The third-order valence-corrected chi connectivity index (χ3v) is 13.3. The van der Waals surface area contributed by atoms with Crippen LogP contribution in [0, 0.1) is 0 Å². The number of aryl methyl sites for hydroxylation is 4. The van der Waals surface area contributed by atoms with E-state index in [1.54, 1.807) is 36.1 Å². The van der Waals surface area contributed by atoms with E-state index in [-0.39, 0.29) is 40.0 Å². The number of carbonyl (C=O) groups is 2. The Kier molecular flexibility index (Phi) is 28.3. The van der Waals surface area contributed by atoms with Gasteiger partial charge in [-0.15, -0.1) is 25.5 Å². The number of aromatic nitrogens is 23. The second-order valence-electron chi connectivity index (χ2n) is 23.1. The van der Waals surface area contributed by atoms with Gasteiger partial charge < -0.3 is 49.8 Å². The molecule has 37 nitrogen and oxygen atoms in total. The van der Waals surface area contributed by atoms with E-state index in [0.717, 1.165) is 135 Å². The van der Waals surface area contributed by atoms with E-state index >= 15 is 0 Å². The highest BCUT2D eigenvalue weighted by Gasteiger charge is 2.18. The molecule has 9 aromatic heterocycles. The number of nitrogens with two attached hydrogens (primary N) is 2. The van der Waals surface area contributed by atoms with Gasteiger partial charge in [-0.3, -0.25) is 24.0 Å². The van der Waals surface area contributed by atoms with E-state index in [1.807, 2.05) is 55.2 Å². The van der Waals surface area contributed by atoms with Gasteiger partial charge in [0.25, 0.3) is 27.8 Å². The minimum atomic E-state index is -0.472. The molecule has 11 N–H and O–H groups in total. The Labute approximate surface area is 525 Å². The summed E-state index contributed by atoms with van der Waals surface area (Å²) in [4.78, 5) is 100.0. The zero-order valence-corrected chi connectivity index (χ0v) is 52.9. The predicted molar refractivity (Wildman–Crippen MR) is 339 cm³/mol. The molecule has 10 rings (SSSR count). The number of alkyl carbamates (subject to hydrolysis) is 2. The van der Waals surface area contributed by atoms with Gasteiger partial charge in [0.05, 0.1) is 30.9 Å². The number of nitrogens with zero attached hydrogens (tertiary/aromatic N) is 19. The van der Waals surface area contributed by atoms with Gasteiger partial charge in [0, 0.05) is 51.9 Å². The van der Waals surface area contributed by atoms with Crippen LogP contribution >= 0.6 is 0 Å². The van der Waals surface area contributed by atoms with Crippen LogP contribution in [0.1, 0.15) is 150 Å². The van der Waals surface area contributed by atoms with E-state index < -0.39 is 11.2 Å². The molecule has 0 saturated heterocycles. The second-order valence-corrected chi connectivity index (χ2v) is 23.1. The van der Waals surface area contributed by atoms with Crippen molar-refractivity contribution in [3.8, 4) is 0 Å². The molecular weight excluding hydrogens is 1200 g/mol. The predicted octanol–water partition coefficient (Wildman–Crippen LogP) is 2.69. The van der Waals surface area contributed by atoms with Gasteiger partial charge in [0.15, 0.2) is 39.2 Å². The van der Waals surface area contributed by atoms with E-state index in [9.17, 15) is 33.6 Å². The molecule has 37 heteroatoms. The number of amides is 2. The number of nitrogens with one attached hydrogen (secondary N) is 7. The Bertz CT molecular complexity index is 4050. The maximum Gasteiger partial charge on any atom is 0.407 e. The first-order chi connectivity index (χ1) is 44.3. The van der Waals surface area contributed by atoms with Gasteiger partial charge in [-0.25, -0.2) is 60.0 Å². The number of aromatic amines is 5. The summed E-state index contributed by atoms with van der Waals surface area (Å²) in [6.07, 6.45) is 24.2. The van der Waals surface area contributed by atoms with Crippen LogP contribution in [0.2, 0.25) is 0 Å². The van der Waals surface area contributed by atoms with Gasteiger partial charge in [0.2, 0.25) is 11.3 Å².